The first kappa shape index (κ1) is 22.6. The van der Waals surface area contributed by atoms with Gasteiger partial charge >= 0.3 is 0 Å². The topological polar surface area (TPSA) is 85.6 Å². The lowest BCUT2D eigenvalue weighted by molar-refractivity contribution is -0.121. The van der Waals surface area contributed by atoms with Crippen molar-refractivity contribution in [3.63, 3.8) is 0 Å². The summed E-state index contributed by atoms with van der Waals surface area (Å²) in [6, 6.07) is 14.0. The molecular formula is C26H30N6O. The Bertz CT molecular complexity index is 1160. The van der Waals surface area contributed by atoms with Crippen LogP contribution in [0.4, 0.5) is 0 Å². The summed E-state index contributed by atoms with van der Waals surface area (Å²) in [5.41, 5.74) is 3.94. The number of benzene rings is 1. The fraction of sp³-hybridized carbons (Fsp3) is 0.346. The molecule has 0 aliphatic heterocycles. The zero-order valence-electron chi connectivity index (χ0n) is 18.9. The second-order valence-corrected chi connectivity index (χ2v) is 8.30. The molecule has 33 heavy (non-hydrogen) atoms. The average molecular weight is 443 g/mol. The number of fused-ring (bicyclic) bond motifs is 1. The minimum atomic E-state index is 0.114. The van der Waals surface area contributed by atoms with Gasteiger partial charge < -0.3 is 5.32 Å². The van der Waals surface area contributed by atoms with Crippen LogP contribution in [0.5, 0.6) is 0 Å². The minimum Gasteiger partial charge on any atom is -0.352 e. The lowest BCUT2D eigenvalue weighted by Crippen LogP contribution is -2.22. The molecule has 0 saturated carbocycles. The first-order valence-corrected chi connectivity index (χ1v) is 11.7. The van der Waals surface area contributed by atoms with Gasteiger partial charge in [0, 0.05) is 30.7 Å². The maximum Gasteiger partial charge on any atom is 0.220 e. The molecule has 170 valence electrons. The van der Waals surface area contributed by atoms with Crippen molar-refractivity contribution in [2.75, 3.05) is 0 Å². The molecular weight excluding hydrogens is 412 g/mol. The van der Waals surface area contributed by atoms with Crippen LogP contribution >= 0.6 is 0 Å². The van der Waals surface area contributed by atoms with Gasteiger partial charge in [0.05, 0.1) is 29.3 Å². The van der Waals surface area contributed by atoms with E-state index in [9.17, 15) is 4.79 Å². The summed E-state index contributed by atoms with van der Waals surface area (Å²) >= 11 is 0. The van der Waals surface area contributed by atoms with Gasteiger partial charge in [-0.2, -0.15) is 0 Å². The predicted octanol–water partition coefficient (Wildman–Crippen LogP) is 4.80. The number of nitrogens with one attached hydrogen (secondary N) is 1. The molecule has 1 N–H and O–H groups in total. The van der Waals surface area contributed by atoms with E-state index in [1.165, 1.54) is 6.42 Å². The van der Waals surface area contributed by atoms with E-state index in [1.54, 1.807) is 17.1 Å². The third kappa shape index (κ3) is 6.94. The molecule has 0 aliphatic rings. The number of rotatable bonds is 12. The lowest BCUT2D eigenvalue weighted by atomic mass is 10.1. The zero-order valence-corrected chi connectivity index (χ0v) is 18.9. The first-order valence-electron chi connectivity index (χ1n) is 11.7. The molecule has 1 amide bonds. The molecule has 0 saturated heterocycles. The highest BCUT2D eigenvalue weighted by Crippen LogP contribution is 2.16. The van der Waals surface area contributed by atoms with Crippen LogP contribution in [-0.2, 0) is 17.8 Å². The molecule has 7 nitrogen and oxygen atoms in total. The number of aryl methyl sites for hydroxylation is 1. The van der Waals surface area contributed by atoms with Crippen LogP contribution in [-0.4, -0.2) is 30.9 Å². The van der Waals surface area contributed by atoms with E-state index in [1.807, 2.05) is 42.7 Å². The monoisotopic (exact) mass is 442 g/mol. The second kappa shape index (κ2) is 11.9. The Kier molecular flexibility index (Phi) is 8.11. The SMILES string of the molecule is O=C(CCCCCCCCc1cn(-c2cnc3ccccc3c2)nn1)NCc1cccnc1. The quantitative estimate of drug-likeness (QED) is 0.319. The fourth-order valence-electron chi connectivity index (χ4n) is 3.81. The van der Waals surface area contributed by atoms with Crippen LogP contribution in [0.3, 0.4) is 0 Å². The van der Waals surface area contributed by atoms with Crippen molar-refractivity contribution in [3.8, 4) is 5.69 Å². The van der Waals surface area contributed by atoms with Gasteiger partial charge in [0.1, 0.15) is 0 Å². The number of para-hydroxylation sites is 1. The van der Waals surface area contributed by atoms with Crippen LogP contribution in [0.2, 0.25) is 0 Å². The molecule has 3 heterocycles. The highest BCUT2D eigenvalue weighted by atomic mass is 16.1. The van der Waals surface area contributed by atoms with Crippen LogP contribution in [0.25, 0.3) is 16.6 Å². The van der Waals surface area contributed by atoms with E-state index in [2.05, 4.69) is 37.7 Å². The molecule has 3 aromatic heterocycles. The average Bonchev–Trinajstić information content (AvgIpc) is 3.33. The second-order valence-electron chi connectivity index (χ2n) is 8.30. The molecule has 0 radical (unpaired) electrons. The summed E-state index contributed by atoms with van der Waals surface area (Å²) in [5, 5.41) is 12.6. The van der Waals surface area contributed by atoms with E-state index in [0.29, 0.717) is 13.0 Å². The number of nitrogens with zero attached hydrogens (tertiary/aromatic N) is 5. The van der Waals surface area contributed by atoms with Crippen molar-refractivity contribution < 1.29 is 4.79 Å². The molecule has 0 atom stereocenters. The molecule has 0 fully saturated rings. The first-order chi connectivity index (χ1) is 16.3. The molecule has 4 aromatic rings. The molecule has 1 aromatic carbocycles. The number of carbonyl (C=O) groups is 1. The number of unbranched alkanes of at least 4 members (excludes halogenated alkanes) is 5. The van der Waals surface area contributed by atoms with Gasteiger partial charge in [-0.3, -0.25) is 14.8 Å². The van der Waals surface area contributed by atoms with Crippen LogP contribution in [0.1, 0.15) is 56.2 Å². The highest BCUT2D eigenvalue weighted by molar-refractivity contribution is 5.80. The van der Waals surface area contributed by atoms with Crippen LogP contribution in [0, 0.1) is 0 Å². The number of amides is 1. The van der Waals surface area contributed by atoms with Crippen molar-refractivity contribution in [2.45, 2.75) is 57.9 Å². The van der Waals surface area contributed by atoms with Gasteiger partial charge in [0.15, 0.2) is 0 Å². The van der Waals surface area contributed by atoms with Gasteiger partial charge in [-0.25, -0.2) is 4.68 Å². The summed E-state index contributed by atoms with van der Waals surface area (Å²) in [4.78, 5) is 20.5. The van der Waals surface area contributed by atoms with Crippen LogP contribution in [0.15, 0.2) is 67.3 Å². The summed E-state index contributed by atoms with van der Waals surface area (Å²) < 4.78 is 1.80. The number of pyridine rings is 2. The van der Waals surface area contributed by atoms with Crippen molar-refractivity contribution >= 4 is 16.8 Å². The van der Waals surface area contributed by atoms with Crippen molar-refractivity contribution in [1.82, 2.24) is 30.3 Å². The maximum absolute atomic E-state index is 11.9. The normalized spacial score (nSPS) is 11.0. The summed E-state index contributed by atoms with van der Waals surface area (Å²) in [5.74, 6) is 0.114. The number of carbonyl (C=O) groups excluding carboxylic acids is 1. The molecule has 0 unspecified atom stereocenters. The maximum atomic E-state index is 11.9. The molecule has 0 aliphatic carbocycles. The fourth-order valence-corrected chi connectivity index (χ4v) is 3.81. The molecule has 7 heteroatoms. The van der Waals surface area contributed by atoms with Gasteiger partial charge in [-0.05, 0) is 43.0 Å². The third-order valence-corrected chi connectivity index (χ3v) is 5.68. The van der Waals surface area contributed by atoms with E-state index in [0.717, 1.165) is 66.4 Å². The number of hydrogen-bond donors (Lipinski definition) is 1. The standard InChI is InChI=1S/C26H30N6O/c33-26(29-18-21-10-9-15-27-17-21)14-6-4-2-1-3-5-12-23-20-32(31-30-23)24-16-22-11-7-8-13-25(22)28-19-24/h7-11,13,15-17,19-20H,1-6,12,14,18H2,(H,29,33). The number of hydrogen-bond acceptors (Lipinski definition) is 5. The Morgan fingerprint density at radius 2 is 1.79 bits per heavy atom. The van der Waals surface area contributed by atoms with Crippen molar-refractivity contribution in [1.29, 1.82) is 0 Å². The Morgan fingerprint density at radius 3 is 2.67 bits per heavy atom. The largest absolute Gasteiger partial charge is 0.352 e. The van der Waals surface area contributed by atoms with E-state index < -0.39 is 0 Å². The Morgan fingerprint density at radius 1 is 0.939 bits per heavy atom. The third-order valence-electron chi connectivity index (χ3n) is 5.68. The zero-order chi connectivity index (χ0) is 22.7. The Hall–Kier alpha value is -3.61. The van der Waals surface area contributed by atoms with Crippen LogP contribution < -0.4 is 5.32 Å². The van der Waals surface area contributed by atoms with Gasteiger partial charge in [0.2, 0.25) is 5.91 Å². The smallest absolute Gasteiger partial charge is 0.220 e. The molecule has 0 bridgehead atoms. The molecule has 4 rings (SSSR count). The minimum absolute atomic E-state index is 0.114. The summed E-state index contributed by atoms with van der Waals surface area (Å²) in [7, 11) is 0. The van der Waals surface area contributed by atoms with Gasteiger partial charge in [-0.15, -0.1) is 5.10 Å². The predicted molar refractivity (Wildman–Crippen MR) is 129 cm³/mol. The van der Waals surface area contributed by atoms with E-state index in [-0.39, 0.29) is 5.91 Å². The van der Waals surface area contributed by atoms with E-state index >= 15 is 0 Å². The lowest BCUT2D eigenvalue weighted by Gasteiger charge is -2.05. The van der Waals surface area contributed by atoms with Crippen molar-refractivity contribution in [3.05, 3.63) is 78.5 Å². The Labute approximate surface area is 194 Å². The van der Waals surface area contributed by atoms with Gasteiger partial charge in [0.25, 0.3) is 0 Å². The Balaban J connectivity index is 1.07. The van der Waals surface area contributed by atoms with Gasteiger partial charge in [-0.1, -0.05) is 55.2 Å². The van der Waals surface area contributed by atoms with E-state index in [4.69, 9.17) is 0 Å². The summed E-state index contributed by atoms with van der Waals surface area (Å²) in [6.07, 6.45) is 15.5. The number of aromatic nitrogens is 5. The highest BCUT2D eigenvalue weighted by Gasteiger charge is 2.05. The van der Waals surface area contributed by atoms with Crippen molar-refractivity contribution in [2.24, 2.45) is 0 Å². The summed E-state index contributed by atoms with van der Waals surface area (Å²) in [6.45, 7) is 0.550. The molecule has 0 spiro atoms.